The van der Waals surface area contributed by atoms with Crippen LogP contribution in [0.15, 0.2) is 24.4 Å². The van der Waals surface area contributed by atoms with E-state index >= 15 is 0 Å². The van der Waals surface area contributed by atoms with E-state index in [-0.39, 0.29) is 24.8 Å². The Morgan fingerprint density at radius 3 is 2.84 bits per heavy atom. The van der Waals surface area contributed by atoms with Crippen molar-refractivity contribution < 1.29 is 14.3 Å². The lowest BCUT2D eigenvalue weighted by Gasteiger charge is -2.40. The zero-order chi connectivity index (χ0) is 18.2. The van der Waals surface area contributed by atoms with Crippen molar-refractivity contribution >= 4 is 17.5 Å². The third-order valence-electron chi connectivity index (χ3n) is 4.63. The van der Waals surface area contributed by atoms with Crippen LogP contribution in [-0.4, -0.2) is 70.4 Å². The SMILES string of the molecule is Cc1nc2ccccn2c1CC(=O)N1CCO[C@](C)(C(=O)N(C)C)C1. The Hall–Kier alpha value is -2.41. The number of nitrogens with zero attached hydrogens (tertiary/aromatic N) is 4. The van der Waals surface area contributed by atoms with E-state index in [1.165, 1.54) is 4.90 Å². The van der Waals surface area contributed by atoms with Crippen LogP contribution >= 0.6 is 0 Å². The summed E-state index contributed by atoms with van der Waals surface area (Å²) >= 11 is 0. The molecule has 3 rings (SSSR count). The fourth-order valence-electron chi connectivity index (χ4n) is 3.32. The number of imidazole rings is 1. The standard InChI is InChI=1S/C18H24N4O3/c1-13-14(22-8-6-5-7-15(22)19-13)11-16(23)21-9-10-25-18(2,12-21)17(24)20(3)4/h5-8H,9-12H2,1-4H3/t18-/m0/s1. The molecular formula is C18H24N4O3. The summed E-state index contributed by atoms with van der Waals surface area (Å²) < 4.78 is 7.64. The number of ether oxygens (including phenoxy) is 1. The number of aromatic nitrogens is 2. The topological polar surface area (TPSA) is 67.2 Å². The molecule has 1 aliphatic heterocycles. The Bertz CT molecular complexity index is 814. The van der Waals surface area contributed by atoms with E-state index in [0.717, 1.165) is 17.0 Å². The molecule has 0 aliphatic carbocycles. The summed E-state index contributed by atoms with van der Waals surface area (Å²) in [5, 5.41) is 0. The fourth-order valence-corrected chi connectivity index (χ4v) is 3.32. The smallest absolute Gasteiger partial charge is 0.255 e. The maximum absolute atomic E-state index is 12.8. The zero-order valence-corrected chi connectivity index (χ0v) is 15.2. The number of hydrogen-bond acceptors (Lipinski definition) is 4. The molecule has 7 heteroatoms. The van der Waals surface area contributed by atoms with Crippen LogP contribution in [0.25, 0.3) is 5.65 Å². The second-order valence-corrected chi connectivity index (χ2v) is 6.84. The van der Waals surface area contributed by atoms with Gasteiger partial charge in [-0.1, -0.05) is 6.07 Å². The van der Waals surface area contributed by atoms with Crippen molar-refractivity contribution in [1.82, 2.24) is 19.2 Å². The highest BCUT2D eigenvalue weighted by atomic mass is 16.5. The van der Waals surface area contributed by atoms with Crippen molar-refractivity contribution in [2.45, 2.75) is 25.9 Å². The lowest BCUT2D eigenvalue weighted by Crippen LogP contribution is -2.59. The number of rotatable bonds is 3. The maximum atomic E-state index is 12.8. The molecule has 134 valence electrons. The summed E-state index contributed by atoms with van der Waals surface area (Å²) in [5.41, 5.74) is 1.57. The van der Waals surface area contributed by atoms with E-state index in [9.17, 15) is 9.59 Å². The third kappa shape index (κ3) is 3.24. The lowest BCUT2D eigenvalue weighted by atomic mass is 10.0. The van der Waals surface area contributed by atoms with Crippen LogP contribution in [0, 0.1) is 6.92 Å². The summed E-state index contributed by atoms with van der Waals surface area (Å²) in [5.74, 6) is -0.147. The monoisotopic (exact) mass is 344 g/mol. The normalized spacial score (nSPS) is 20.7. The molecule has 0 unspecified atom stereocenters. The van der Waals surface area contributed by atoms with Crippen LogP contribution in [-0.2, 0) is 20.7 Å². The third-order valence-corrected chi connectivity index (χ3v) is 4.63. The summed E-state index contributed by atoms with van der Waals surface area (Å²) in [6, 6.07) is 5.76. The zero-order valence-electron chi connectivity index (χ0n) is 15.2. The van der Waals surface area contributed by atoms with Crippen molar-refractivity contribution in [1.29, 1.82) is 0 Å². The predicted octanol–water partition coefficient (Wildman–Crippen LogP) is 0.891. The molecule has 0 saturated carbocycles. The summed E-state index contributed by atoms with van der Waals surface area (Å²) in [7, 11) is 3.39. The first-order chi connectivity index (χ1) is 11.8. The van der Waals surface area contributed by atoms with Gasteiger partial charge in [-0.05, 0) is 26.0 Å². The van der Waals surface area contributed by atoms with Gasteiger partial charge in [0, 0.05) is 26.8 Å². The number of carbonyl (C=O) groups is 2. The van der Waals surface area contributed by atoms with Crippen LogP contribution in [0.4, 0.5) is 0 Å². The number of fused-ring (bicyclic) bond motifs is 1. The van der Waals surface area contributed by atoms with Crippen molar-refractivity contribution in [2.24, 2.45) is 0 Å². The molecular weight excluding hydrogens is 320 g/mol. The molecule has 1 aliphatic rings. The second kappa shape index (κ2) is 6.48. The molecule has 0 bridgehead atoms. The molecule has 0 N–H and O–H groups in total. The summed E-state index contributed by atoms with van der Waals surface area (Å²) in [4.78, 5) is 32.9. The van der Waals surface area contributed by atoms with Crippen LogP contribution < -0.4 is 0 Å². The van der Waals surface area contributed by atoms with Crippen molar-refractivity contribution in [2.75, 3.05) is 33.8 Å². The minimum absolute atomic E-state index is 0.0187. The van der Waals surface area contributed by atoms with Gasteiger partial charge in [0.1, 0.15) is 5.65 Å². The highest BCUT2D eigenvalue weighted by Crippen LogP contribution is 2.21. The first-order valence-corrected chi connectivity index (χ1v) is 8.38. The molecule has 1 saturated heterocycles. The van der Waals surface area contributed by atoms with Gasteiger partial charge in [-0.2, -0.15) is 0 Å². The summed E-state index contributed by atoms with van der Waals surface area (Å²) in [6.45, 7) is 4.76. The Labute approximate surface area is 147 Å². The number of likely N-dealkylation sites (N-methyl/N-ethyl adjacent to an activating group) is 1. The van der Waals surface area contributed by atoms with Crippen molar-refractivity contribution in [3.05, 3.63) is 35.8 Å². The minimum atomic E-state index is -0.994. The van der Waals surface area contributed by atoms with Gasteiger partial charge in [0.2, 0.25) is 5.91 Å². The van der Waals surface area contributed by atoms with Crippen LogP contribution in [0.3, 0.4) is 0 Å². The quantitative estimate of drug-likeness (QED) is 0.829. The van der Waals surface area contributed by atoms with E-state index < -0.39 is 5.60 Å². The van der Waals surface area contributed by atoms with Crippen LogP contribution in [0.2, 0.25) is 0 Å². The molecule has 0 spiro atoms. The second-order valence-electron chi connectivity index (χ2n) is 6.84. The number of amides is 2. The van der Waals surface area contributed by atoms with Crippen LogP contribution in [0.1, 0.15) is 18.3 Å². The van der Waals surface area contributed by atoms with Gasteiger partial charge in [0.15, 0.2) is 5.60 Å². The minimum Gasteiger partial charge on any atom is -0.362 e. The Morgan fingerprint density at radius 2 is 2.12 bits per heavy atom. The fraction of sp³-hybridized carbons (Fsp3) is 0.500. The molecule has 2 amide bonds. The Balaban J connectivity index is 1.79. The molecule has 7 nitrogen and oxygen atoms in total. The lowest BCUT2D eigenvalue weighted by molar-refractivity contribution is -0.169. The van der Waals surface area contributed by atoms with Crippen molar-refractivity contribution in [3.8, 4) is 0 Å². The Kier molecular flexibility index (Phi) is 4.51. The van der Waals surface area contributed by atoms with Crippen LogP contribution in [0.5, 0.6) is 0 Å². The first-order valence-electron chi connectivity index (χ1n) is 8.38. The van der Waals surface area contributed by atoms with E-state index in [1.54, 1.807) is 25.9 Å². The number of aryl methyl sites for hydroxylation is 1. The van der Waals surface area contributed by atoms with E-state index in [1.807, 2.05) is 35.7 Å². The first kappa shape index (κ1) is 17.4. The van der Waals surface area contributed by atoms with Gasteiger partial charge in [-0.3, -0.25) is 9.59 Å². The summed E-state index contributed by atoms with van der Waals surface area (Å²) in [6.07, 6.45) is 2.17. The molecule has 2 aromatic rings. The molecule has 25 heavy (non-hydrogen) atoms. The van der Waals surface area contributed by atoms with Gasteiger partial charge in [0.25, 0.3) is 5.91 Å². The highest BCUT2D eigenvalue weighted by Gasteiger charge is 2.41. The number of pyridine rings is 1. The van der Waals surface area contributed by atoms with Gasteiger partial charge >= 0.3 is 0 Å². The van der Waals surface area contributed by atoms with Gasteiger partial charge in [-0.15, -0.1) is 0 Å². The van der Waals surface area contributed by atoms with E-state index in [2.05, 4.69) is 4.98 Å². The van der Waals surface area contributed by atoms with Gasteiger partial charge in [-0.25, -0.2) is 4.98 Å². The van der Waals surface area contributed by atoms with E-state index in [0.29, 0.717) is 13.2 Å². The predicted molar refractivity (Wildman–Crippen MR) is 93.3 cm³/mol. The maximum Gasteiger partial charge on any atom is 0.255 e. The number of hydrogen-bond donors (Lipinski definition) is 0. The molecule has 1 atom stereocenters. The molecule has 0 aromatic carbocycles. The van der Waals surface area contributed by atoms with E-state index in [4.69, 9.17) is 4.74 Å². The molecule has 0 radical (unpaired) electrons. The number of morpholine rings is 1. The average Bonchev–Trinajstić information content (AvgIpc) is 2.90. The molecule has 1 fully saturated rings. The Morgan fingerprint density at radius 1 is 1.36 bits per heavy atom. The van der Waals surface area contributed by atoms with Crippen molar-refractivity contribution in [3.63, 3.8) is 0 Å². The molecule has 3 heterocycles. The largest absolute Gasteiger partial charge is 0.362 e. The molecule has 2 aromatic heterocycles. The number of carbonyl (C=O) groups excluding carboxylic acids is 2. The highest BCUT2D eigenvalue weighted by molar-refractivity contribution is 5.86. The van der Waals surface area contributed by atoms with Gasteiger partial charge in [0.05, 0.1) is 31.0 Å². The average molecular weight is 344 g/mol. The van der Waals surface area contributed by atoms with Gasteiger partial charge < -0.3 is 18.9 Å².